The smallest absolute Gasteiger partial charge is 0.320 e. The molecular weight excluding hydrogens is 462 g/mol. The number of para-hydroxylation sites is 1. The van der Waals surface area contributed by atoms with Crippen LogP contribution in [0.5, 0.6) is 0 Å². The van der Waals surface area contributed by atoms with Gasteiger partial charge in [0.1, 0.15) is 0 Å². The molecule has 1 N–H and O–H groups in total. The van der Waals surface area contributed by atoms with Crippen LogP contribution >= 0.6 is 0 Å². The van der Waals surface area contributed by atoms with Crippen molar-refractivity contribution in [1.82, 2.24) is 14.6 Å². The number of aromatic nitrogens is 3. The Morgan fingerprint density at radius 1 is 0.912 bits per heavy atom. The van der Waals surface area contributed by atoms with Crippen LogP contribution in [-0.4, -0.2) is 20.5 Å². The maximum Gasteiger partial charge on any atom is 0.433 e. The molecule has 2 aromatic heterocycles. The van der Waals surface area contributed by atoms with Crippen molar-refractivity contribution >= 4 is 17.2 Å². The molecular formula is C23H14F6N4O. The number of hydrogen-bond donors (Lipinski definition) is 1. The highest BCUT2D eigenvalue weighted by Crippen LogP contribution is 2.40. The molecule has 11 heteroatoms. The fraction of sp³-hybridized carbons (Fsp3) is 0.174. The normalized spacial score (nSPS) is 13.5. The molecule has 0 radical (unpaired) electrons. The summed E-state index contributed by atoms with van der Waals surface area (Å²) < 4.78 is 82.6. The molecule has 0 bridgehead atoms. The van der Waals surface area contributed by atoms with Crippen molar-refractivity contribution in [2.45, 2.75) is 25.2 Å². The zero-order valence-electron chi connectivity index (χ0n) is 17.1. The van der Waals surface area contributed by atoms with E-state index in [1.165, 1.54) is 6.07 Å². The number of halogens is 6. The number of nitrogens with zero attached hydrogens (tertiary/aromatic N) is 3. The molecule has 0 aliphatic heterocycles. The summed E-state index contributed by atoms with van der Waals surface area (Å²) in [4.78, 5) is 17.0. The van der Waals surface area contributed by atoms with Crippen LogP contribution in [-0.2, 0) is 25.2 Å². The maximum absolute atomic E-state index is 14.1. The number of amides is 1. The largest absolute Gasteiger partial charge is 0.433 e. The lowest BCUT2D eigenvalue weighted by Gasteiger charge is -2.23. The van der Waals surface area contributed by atoms with E-state index in [9.17, 15) is 31.1 Å². The number of anilines is 1. The van der Waals surface area contributed by atoms with E-state index in [4.69, 9.17) is 0 Å². The first-order valence-electron chi connectivity index (χ1n) is 10.1. The minimum absolute atomic E-state index is 0.0452. The zero-order chi connectivity index (χ0) is 24.3. The molecule has 0 saturated carbocycles. The molecule has 1 aliphatic carbocycles. The van der Waals surface area contributed by atoms with Crippen LogP contribution in [0.2, 0.25) is 0 Å². The third-order valence-corrected chi connectivity index (χ3v) is 5.60. The van der Waals surface area contributed by atoms with E-state index in [1.54, 1.807) is 18.2 Å². The molecule has 0 spiro atoms. The lowest BCUT2D eigenvalue weighted by Crippen LogP contribution is -2.21. The van der Waals surface area contributed by atoms with Crippen molar-refractivity contribution in [3.63, 3.8) is 0 Å². The third kappa shape index (κ3) is 3.66. The Labute approximate surface area is 188 Å². The van der Waals surface area contributed by atoms with Gasteiger partial charge in [-0.2, -0.15) is 31.4 Å². The number of hydrogen-bond acceptors (Lipinski definition) is 3. The monoisotopic (exact) mass is 476 g/mol. The molecule has 1 aliphatic rings. The number of nitrogens with one attached hydrogen (secondary N) is 1. The van der Waals surface area contributed by atoms with E-state index in [-0.39, 0.29) is 23.3 Å². The van der Waals surface area contributed by atoms with Gasteiger partial charge in [0, 0.05) is 17.2 Å². The predicted octanol–water partition coefficient (Wildman–Crippen LogP) is 5.78. The van der Waals surface area contributed by atoms with E-state index in [2.05, 4.69) is 15.4 Å². The molecule has 0 unspecified atom stereocenters. The van der Waals surface area contributed by atoms with Crippen LogP contribution in [0, 0.1) is 0 Å². The van der Waals surface area contributed by atoms with Crippen molar-refractivity contribution in [3.05, 3.63) is 82.7 Å². The van der Waals surface area contributed by atoms with Gasteiger partial charge in [0.2, 0.25) is 0 Å². The first-order valence-corrected chi connectivity index (χ1v) is 10.1. The van der Waals surface area contributed by atoms with Crippen molar-refractivity contribution in [3.8, 4) is 11.3 Å². The number of rotatable bonds is 2. The zero-order valence-corrected chi connectivity index (χ0v) is 17.1. The van der Waals surface area contributed by atoms with Crippen LogP contribution in [0.1, 0.15) is 32.9 Å². The van der Waals surface area contributed by atoms with Gasteiger partial charge in [-0.25, -0.2) is 9.50 Å². The lowest BCUT2D eigenvalue weighted by molar-refractivity contribution is -0.143. The van der Waals surface area contributed by atoms with E-state index >= 15 is 0 Å². The lowest BCUT2D eigenvalue weighted by atomic mass is 9.88. The molecule has 174 valence electrons. The van der Waals surface area contributed by atoms with Crippen molar-refractivity contribution in [1.29, 1.82) is 0 Å². The summed E-state index contributed by atoms with van der Waals surface area (Å²) >= 11 is 0. The standard InChI is InChI=1S/C23H14F6N4O/c24-22(25,26)15-7-3-4-8-16(15)30-21(34)17-11-18-31-19-13-6-2-1-5-12(13)9-10-14(19)20(23(27,28)29)33(18)32-17/h1-8,11H,9-10H2,(H,30,34). The molecule has 0 fully saturated rings. The Morgan fingerprint density at radius 3 is 2.35 bits per heavy atom. The maximum atomic E-state index is 14.1. The summed E-state index contributed by atoms with van der Waals surface area (Å²) in [5, 5.41) is 5.87. The SMILES string of the molecule is O=C(Nc1ccccc1C(F)(F)F)c1cc2nc3c(c(C(F)(F)F)n2n1)CCc1ccccc1-3. The van der Waals surface area contributed by atoms with E-state index in [1.807, 2.05) is 6.07 Å². The highest BCUT2D eigenvalue weighted by Gasteiger charge is 2.40. The van der Waals surface area contributed by atoms with Gasteiger partial charge in [-0.3, -0.25) is 4.79 Å². The Hall–Kier alpha value is -3.89. The summed E-state index contributed by atoms with van der Waals surface area (Å²) in [6.07, 6.45) is -9.09. The summed E-state index contributed by atoms with van der Waals surface area (Å²) in [5.74, 6) is -1.09. The average molecular weight is 476 g/mol. The Balaban J connectivity index is 1.63. The molecule has 1 amide bonds. The second kappa shape index (κ2) is 7.57. The minimum atomic E-state index is -4.81. The molecule has 34 heavy (non-hydrogen) atoms. The number of fused-ring (bicyclic) bond motifs is 4. The fourth-order valence-corrected chi connectivity index (χ4v) is 4.15. The Morgan fingerprint density at radius 2 is 1.62 bits per heavy atom. The van der Waals surface area contributed by atoms with E-state index in [0.717, 1.165) is 29.8 Å². The van der Waals surface area contributed by atoms with Crippen molar-refractivity contribution < 1.29 is 31.1 Å². The fourth-order valence-electron chi connectivity index (χ4n) is 4.15. The van der Waals surface area contributed by atoms with Gasteiger partial charge in [0.15, 0.2) is 17.0 Å². The Bertz CT molecular complexity index is 1440. The molecule has 4 aromatic rings. The first-order chi connectivity index (χ1) is 16.0. The molecule has 5 nitrogen and oxygen atoms in total. The second-order valence-electron chi connectivity index (χ2n) is 7.74. The number of benzene rings is 2. The van der Waals surface area contributed by atoms with Gasteiger partial charge >= 0.3 is 12.4 Å². The van der Waals surface area contributed by atoms with Crippen LogP contribution in [0.4, 0.5) is 32.0 Å². The minimum Gasteiger partial charge on any atom is -0.320 e. The third-order valence-electron chi connectivity index (χ3n) is 5.60. The van der Waals surface area contributed by atoms with Gasteiger partial charge in [0.25, 0.3) is 5.91 Å². The average Bonchev–Trinajstić information content (AvgIpc) is 3.20. The highest BCUT2D eigenvalue weighted by molar-refractivity contribution is 6.04. The molecule has 0 saturated heterocycles. The summed E-state index contributed by atoms with van der Waals surface area (Å²) in [6, 6.07) is 12.3. The van der Waals surface area contributed by atoms with Gasteiger partial charge in [-0.15, -0.1) is 0 Å². The molecule has 2 aromatic carbocycles. The highest BCUT2D eigenvalue weighted by atomic mass is 19.4. The van der Waals surface area contributed by atoms with E-state index < -0.39 is 40.9 Å². The predicted molar refractivity (Wildman–Crippen MR) is 110 cm³/mol. The first kappa shape index (κ1) is 21.9. The number of carbonyl (C=O) groups excluding carboxylic acids is 1. The number of alkyl halides is 6. The van der Waals surface area contributed by atoms with Gasteiger partial charge in [-0.05, 0) is 30.5 Å². The second-order valence-corrected chi connectivity index (χ2v) is 7.74. The van der Waals surface area contributed by atoms with E-state index in [0.29, 0.717) is 16.5 Å². The molecule has 5 rings (SSSR count). The quantitative estimate of drug-likeness (QED) is 0.373. The topological polar surface area (TPSA) is 59.3 Å². The number of carbonyl (C=O) groups is 1. The van der Waals surface area contributed by atoms with Gasteiger partial charge in [-0.1, -0.05) is 36.4 Å². The molecule has 0 atom stereocenters. The van der Waals surface area contributed by atoms with Crippen LogP contribution in [0.15, 0.2) is 54.6 Å². The summed E-state index contributed by atoms with van der Waals surface area (Å²) in [5.41, 5.74) is -1.90. The van der Waals surface area contributed by atoms with Crippen LogP contribution in [0.25, 0.3) is 16.9 Å². The van der Waals surface area contributed by atoms with Crippen LogP contribution in [0.3, 0.4) is 0 Å². The number of aryl methyl sites for hydroxylation is 1. The van der Waals surface area contributed by atoms with Gasteiger partial charge in [0.05, 0.1) is 16.9 Å². The molecule has 2 heterocycles. The van der Waals surface area contributed by atoms with Crippen molar-refractivity contribution in [2.75, 3.05) is 5.32 Å². The summed E-state index contributed by atoms with van der Waals surface area (Å²) in [6.45, 7) is 0. The Kier molecular flexibility index (Phi) is 4.88. The van der Waals surface area contributed by atoms with Gasteiger partial charge < -0.3 is 5.32 Å². The van der Waals surface area contributed by atoms with Crippen molar-refractivity contribution in [2.24, 2.45) is 0 Å². The summed E-state index contributed by atoms with van der Waals surface area (Å²) in [7, 11) is 0. The van der Waals surface area contributed by atoms with Crippen LogP contribution < -0.4 is 5.32 Å².